The second kappa shape index (κ2) is 3.01. The standard InChI is InChI=1S/C7H10O5/c8-6-7(3-11-5-12-6)1-9-4-10-2-7/h1-5H2. The Balaban J connectivity index is 2.09. The topological polar surface area (TPSA) is 54.0 Å². The normalized spacial score (nSPS) is 28.5. The molecular formula is C7H10O5. The first-order valence-electron chi connectivity index (χ1n) is 3.74. The lowest BCUT2D eigenvalue weighted by Gasteiger charge is -2.36. The number of ether oxygens (including phenoxy) is 4. The minimum absolute atomic E-state index is 0.0422. The van der Waals surface area contributed by atoms with Crippen LogP contribution in [0.4, 0.5) is 0 Å². The van der Waals surface area contributed by atoms with E-state index in [0.29, 0.717) is 19.8 Å². The Kier molecular flexibility index (Phi) is 2.00. The zero-order valence-corrected chi connectivity index (χ0v) is 6.58. The highest BCUT2D eigenvalue weighted by molar-refractivity contribution is 5.77. The van der Waals surface area contributed by atoms with Crippen LogP contribution in [0.15, 0.2) is 0 Å². The molecule has 0 aliphatic carbocycles. The Hall–Kier alpha value is -0.650. The molecule has 0 aromatic heterocycles. The van der Waals surface area contributed by atoms with Gasteiger partial charge in [-0.25, -0.2) is 0 Å². The fraction of sp³-hybridized carbons (Fsp3) is 0.857. The zero-order valence-electron chi connectivity index (χ0n) is 6.58. The molecule has 5 heteroatoms. The van der Waals surface area contributed by atoms with Gasteiger partial charge < -0.3 is 18.9 Å². The van der Waals surface area contributed by atoms with Gasteiger partial charge in [0.15, 0.2) is 6.79 Å². The first-order chi connectivity index (χ1) is 5.83. The number of carbonyl (C=O) groups is 1. The lowest BCUT2D eigenvalue weighted by molar-refractivity contribution is -0.236. The second-order valence-electron chi connectivity index (χ2n) is 2.99. The van der Waals surface area contributed by atoms with Crippen molar-refractivity contribution in [1.82, 2.24) is 0 Å². The van der Waals surface area contributed by atoms with Crippen molar-refractivity contribution in [1.29, 1.82) is 0 Å². The summed E-state index contributed by atoms with van der Waals surface area (Å²) in [5.74, 6) is -0.284. The van der Waals surface area contributed by atoms with Crippen LogP contribution in [0, 0.1) is 5.41 Å². The highest BCUT2D eigenvalue weighted by Gasteiger charge is 2.45. The van der Waals surface area contributed by atoms with E-state index in [4.69, 9.17) is 18.9 Å². The molecule has 0 aromatic carbocycles. The summed E-state index contributed by atoms with van der Waals surface area (Å²) in [5, 5.41) is 0. The summed E-state index contributed by atoms with van der Waals surface area (Å²) in [6.45, 7) is 1.26. The van der Waals surface area contributed by atoms with E-state index in [2.05, 4.69) is 0 Å². The van der Waals surface area contributed by atoms with E-state index in [-0.39, 0.29) is 19.6 Å². The smallest absolute Gasteiger partial charge is 0.321 e. The maximum absolute atomic E-state index is 11.3. The number of rotatable bonds is 0. The molecule has 0 unspecified atom stereocenters. The summed E-state index contributed by atoms with van der Waals surface area (Å²) in [7, 11) is 0. The minimum atomic E-state index is -0.712. The van der Waals surface area contributed by atoms with Crippen molar-refractivity contribution in [3.8, 4) is 0 Å². The van der Waals surface area contributed by atoms with Crippen molar-refractivity contribution in [3.63, 3.8) is 0 Å². The van der Waals surface area contributed by atoms with Gasteiger partial charge in [-0.15, -0.1) is 0 Å². The van der Waals surface area contributed by atoms with Gasteiger partial charge in [-0.05, 0) is 0 Å². The summed E-state index contributed by atoms with van der Waals surface area (Å²) in [4.78, 5) is 11.3. The maximum atomic E-state index is 11.3. The SMILES string of the molecule is O=C1OCOCC12COCOC2. The molecule has 2 heterocycles. The van der Waals surface area contributed by atoms with Gasteiger partial charge in [0.25, 0.3) is 0 Å². The number of esters is 1. The molecule has 12 heavy (non-hydrogen) atoms. The Labute approximate surface area is 69.5 Å². The van der Waals surface area contributed by atoms with Crippen molar-refractivity contribution >= 4 is 5.97 Å². The summed E-state index contributed by atoms with van der Waals surface area (Å²) in [6.07, 6.45) is 0. The monoisotopic (exact) mass is 174 g/mol. The van der Waals surface area contributed by atoms with Gasteiger partial charge in [0.2, 0.25) is 0 Å². The average Bonchev–Trinajstić information content (AvgIpc) is 2.12. The Morgan fingerprint density at radius 2 is 1.58 bits per heavy atom. The Morgan fingerprint density at radius 1 is 1.00 bits per heavy atom. The molecule has 2 aliphatic rings. The largest absolute Gasteiger partial charge is 0.438 e. The molecule has 0 N–H and O–H groups in total. The summed E-state index contributed by atoms with van der Waals surface area (Å²) in [5.41, 5.74) is -0.712. The average molecular weight is 174 g/mol. The summed E-state index contributed by atoms with van der Waals surface area (Å²) >= 11 is 0. The van der Waals surface area contributed by atoms with Crippen molar-refractivity contribution in [2.45, 2.75) is 0 Å². The number of carbonyl (C=O) groups excluding carboxylic acids is 1. The van der Waals surface area contributed by atoms with Gasteiger partial charge in [0, 0.05) is 0 Å². The third-order valence-electron chi connectivity index (χ3n) is 2.01. The van der Waals surface area contributed by atoms with E-state index in [1.54, 1.807) is 0 Å². The first-order valence-corrected chi connectivity index (χ1v) is 3.74. The van der Waals surface area contributed by atoms with E-state index >= 15 is 0 Å². The molecule has 0 atom stereocenters. The lowest BCUT2D eigenvalue weighted by Crippen LogP contribution is -2.51. The lowest BCUT2D eigenvalue weighted by atomic mass is 9.90. The molecule has 0 radical (unpaired) electrons. The van der Waals surface area contributed by atoms with Crippen molar-refractivity contribution in [2.75, 3.05) is 33.4 Å². The van der Waals surface area contributed by atoms with E-state index in [9.17, 15) is 4.79 Å². The van der Waals surface area contributed by atoms with Crippen LogP contribution >= 0.6 is 0 Å². The van der Waals surface area contributed by atoms with E-state index in [1.807, 2.05) is 0 Å². The third kappa shape index (κ3) is 1.20. The van der Waals surface area contributed by atoms with Crippen LogP contribution in [0.25, 0.3) is 0 Å². The predicted octanol–water partition coefficient (Wildman–Crippen LogP) is -0.492. The second-order valence-corrected chi connectivity index (χ2v) is 2.99. The van der Waals surface area contributed by atoms with Crippen LogP contribution in [0.3, 0.4) is 0 Å². The fourth-order valence-electron chi connectivity index (χ4n) is 1.32. The van der Waals surface area contributed by atoms with Crippen molar-refractivity contribution < 1.29 is 23.7 Å². The molecule has 5 nitrogen and oxygen atoms in total. The molecule has 2 rings (SSSR count). The molecule has 1 spiro atoms. The van der Waals surface area contributed by atoms with Gasteiger partial charge in [-0.2, -0.15) is 0 Å². The molecular weight excluding hydrogens is 164 g/mol. The van der Waals surface area contributed by atoms with Crippen molar-refractivity contribution in [2.24, 2.45) is 5.41 Å². The van der Waals surface area contributed by atoms with Gasteiger partial charge >= 0.3 is 5.97 Å². The van der Waals surface area contributed by atoms with Crippen LogP contribution < -0.4 is 0 Å². The molecule has 2 aliphatic heterocycles. The Bertz CT molecular complexity index is 176. The zero-order chi connectivity index (χ0) is 8.44. The third-order valence-corrected chi connectivity index (χ3v) is 2.01. The van der Waals surface area contributed by atoms with Gasteiger partial charge in [-0.3, -0.25) is 4.79 Å². The summed E-state index contributed by atoms with van der Waals surface area (Å²) < 4.78 is 19.8. The van der Waals surface area contributed by atoms with Crippen LogP contribution in [0.2, 0.25) is 0 Å². The number of hydrogen-bond acceptors (Lipinski definition) is 5. The fourth-order valence-corrected chi connectivity index (χ4v) is 1.32. The molecule has 68 valence electrons. The Morgan fingerprint density at radius 3 is 2.25 bits per heavy atom. The summed E-state index contributed by atoms with van der Waals surface area (Å²) in [6, 6.07) is 0. The van der Waals surface area contributed by atoms with Gasteiger partial charge in [0.05, 0.1) is 19.8 Å². The van der Waals surface area contributed by atoms with E-state index < -0.39 is 5.41 Å². The van der Waals surface area contributed by atoms with Gasteiger partial charge in [0.1, 0.15) is 12.2 Å². The van der Waals surface area contributed by atoms with Crippen LogP contribution in [-0.4, -0.2) is 39.4 Å². The highest BCUT2D eigenvalue weighted by atomic mass is 16.7. The van der Waals surface area contributed by atoms with Crippen molar-refractivity contribution in [3.05, 3.63) is 0 Å². The molecule has 0 amide bonds. The highest BCUT2D eigenvalue weighted by Crippen LogP contribution is 2.27. The predicted molar refractivity (Wildman–Crippen MR) is 36.1 cm³/mol. The van der Waals surface area contributed by atoms with Crippen LogP contribution in [0.1, 0.15) is 0 Å². The molecule has 0 aromatic rings. The number of hydrogen-bond donors (Lipinski definition) is 0. The molecule has 0 saturated carbocycles. The van der Waals surface area contributed by atoms with Crippen LogP contribution in [-0.2, 0) is 23.7 Å². The van der Waals surface area contributed by atoms with Crippen LogP contribution in [0.5, 0.6) is 0 Å². The minimum Gasteiger partial charge on any atom is -0.438 e. The maximum Gasteiger partial charge on any atom is 0.321 e. The molecule has 2 fully saturated rings. The first kappa shape index (κ1) is 7.97. The van der Waals surface area contributed by atoms with Gasteiger partial charge in [-0.1, -0.05) is 0 Å². The quantitative estimate of drug-likeness (QED) is 0.464. The van der Waals surface area contributed by atoms with E-state index in [0.717, 1.165) is 0 Å². The number of cyclic esters (lactones) is 1. The molecule has 2 saturated heterocycles. The van der Waals surface area contributed by atoms with E-state index in [1.165, 1.54) is 0 Å². The molecule has 0 bridgehead atoms.